The zero-order valence-electron chi connectivity index (χ0n) is 10.1. The van der Waals surface area contributed by atoms with Crippen molar-refractivity contribution in [1.82, 2.24) is 0 Å². The second kappa shape index (κ2) is 7.81. The minimum atomic E-state index is -0.592. The van der Waals surface area contributed by atoms with E-state index in [9.17, 15) is 4.79 Å². The van der Waals surface area contributed by atoms with Gasteiger partial charge >= 0.3 is 5.97 Å². The average Bonchev–Trinajstić information content (AvgIpc) is 2.36. The monoisotopic (exact) mass is 237 g/mol. The molecule has 0 aliphatic carbocycles. The summed E-state index contributed by atoms with van der Waals surface area (Å²) < 4.78 is 10.2. The second-order valence-electron chi connectivity index (χ2n) is 3.69. The predicted octanol–water partition coefficient (Wildman–Crippen LogP) is 1.48. The summed E-state index contributed by atoms with van der Waals surface area (Å²) >= 11 is 0. The number of hydrogen-bond donors (Lipinski definition) is 1. The van der Waals surface area contributed by atoms with Gasteiger partial charge < -0.3 is 15.2 Å². The van der Waals surface area contributed by atoms with Crippen molar-refractivity contribution < 1.29 is 14.3 Å². The van der Waals surface area contributed by atoms with Crippen LogP contribution < -0.4 is 5.73 Å². The van der Waals surface area contributed by atoms with Gasteiger partial charge in [0.25, 0.3) is 0 Å². The molecule has 2 N–H and O–H groups in total. The van der Waals surface area contributed by atoms with Crippen LogP contribution in [0.4, 0.5) is 0 Å². The maximum Gasteiger partial charge on any atom is 0.322 e. The Morgan fingerprint density at radius 3 is 2.71 bits per heavy atom. The Bertz CT molecular complexity index is 327. The average molecular weight is 237 g/mol. The van der Waals surface area contributed by atoms with Gasteiger partial charge in [-0.1, -0.05) is 30.3 Å². The third-order valence-electron chi connectivity index (χ3n) is 2.27. The molecular weight excluding hydrogens is 218 g/mol. The second-order valence-corrected chi connectivity index (χ2v) is 3.69. The Morgan fingerprint density at radius 2 is 2.06 bits per heavy atom. The van der Waals surface area contributed by atoms with Crippen molar-refractivity contribution >= 4 is 5.97 Å². The van der Waals surface area contributed by atoms with Crippen LogP contribution in [0.5, 0.6) is 0 Å². The highest BCUT2D eigenvalue weighted by atomic mass is 16.5. The summed E-state index contributed by atoms with van der Waals surface area (Å²) in [6.07, 6.45) is 0.478. The summed E-state index contributed by atoms with van der Waals surface area (Å²) in [4.78, 5) is 11.2. The van der Waals surface area contributed by atoms with Gasteiger partial charge in [0, 0.05) is 6.61 Å². The highest BCUT2D eigenvalue weighted by molar-refractivity contribution is 5.75. The number of nitrogens with two attached hydrogens (primary N) is 1. The molecule has 1 rings (SSSR count). The number of benzene rings is 1. The van der Waals surface area contributed by atoms with Crippen LogP contribution in [0, 0.1) is 0 Å². The topological polar surface area (TPSA) is 61.5 Å². The molecule has 1 aromatic rings. The molecule has 0 radical (unpaired) electrons. The molecule has 0 saturated heterocycles. The molecule has 0 heterocycles. The highest BCUT2D eigenvalue weighted by Gasteiger charge is 2.13. The molecule has 0 spiro atoms. The van der Waals surface area contributed by atoms with Crippen LogP contribution in [0.2, 0.25) is 0 Å². The van der Waals surface area contributed by atoms with Crippen LogP contribution in [-0.4, -0.2) is 25.2 Å². The lowest BCUT2D eigenvalue weighted by atomic mass is 10.2. The smallest absolute Gasteiger partial charge is 0.322 e. The van der Waals surface area contributed by atoms with Crippen molar-refractivity contribution in [2.45, 2.75) is 26.0 Å². The summed E-state index contributed by atoms with van der Waals surface area (Å²) in [6.45, 7) is 3.11. The first-order chi connectivity index (χ1) is 8.24. The van der Waals surface area contributed by atoms with Gasteiger partial charge in [0.2, 0.25) is 0 Å². The predicted molar refractivity (Wildman–Crippen MR) is 65.3 cm³/mol. The van der Waals surface area contributed by atoms with Gasteiger partial charge in [-0.05, 0) is 18.9 Å². The van der Waals surface area contributed by atoms with E-state index in [0.29, 0.717) is 26.2 Å². The molecule has 1 atom stereocenters. The van der Waals surface area contributed by atoms with Gasteiger partial charge in [-0.15, -0.1) is 0 Å². The zero-order chi connectivity index (χ0) is 12.5. The van der Waals surface area contributed by atoms with Gasteiger partial charge in [-0.3, -0.25) is 4.79 Å². The van der Waals surface area contributed by atoms with Crippen LogP contribution in [0.15, 0.2) is 30.3 Å². The fourth-order valence-corrected chi connectivity index (χ4v) is 1.34. The quantitative estimate of drug-likeness (QED) is 0.576. The normalized spacial score (nSPS) is 12.1. The lowest BCUT2D eigenvalue weighted by Crippen LogP contribution is -2.33. The maximum atomic E-state index is 11.2. The van der Waals surface area contributed by atoms with E-state index in [0.717, 1.165) is 5.56 Å². The third kappa shape index (κ3) is 5.47. The summed E-state index contributed by atoms with van der Waals surface area (Å²) in [7, 11) is 0. The summed E-state index contributed by atoms with van der Waals surface area (Å²) in [5.41, 5.74) is 6.74. The largest absolute Gasteiger partial charge is 0.465 e. The molecule has 4 heteroatoms. The first-order valence-corrected chi connectivity index (χ1v) is 5.78. The molecule has 0 aliphatic heterocycles. The first-order valence-electron chi connectivity index (χ1n) is 5.78. The lowest BCUT2D eigenvalue weighted by molar-refractivity contribution is -0.145. The van der Waals surface area contributed by atoms with E-state index in [1.54, 1.807) is 6.92 Å². The minimum Gasteiger partial charge on any atom is -0.465 e. The van der Waals surface area contributed by atoms with Crippen molar-refractivity contribution in [2.24, 2.45) is 5.73 Å². The zero-order valence-corrected chi connectivity index (χ0v) is 10.1. The number of esters is 1. The van der Waals surface area contributed by atoms with Crippen molar-refractivity contribution in [1.29, 1.82) is 0 Å². The van der Waals surface area contributed by atoms with Crippen molar-refractivity contribution in [3.8, 4) is 0 Å². The molecule has 17 heavy (non-hydrogen) atoms. The van der Waals surface area contributed by atoms with Gasteiger partial charge in [-0.25, -0.2) is 0 Å². The number of carbonyl (C=O) groups is 1. The molecule has 0 aromatic heterocycles. The molecule has 0 amide bonds. The number of ether oxygens (including phenoxy) is 2. The molecule has 0 bridgehead atoms. The van der Waals surface area contributed by atoms with Crippen LogP contribution >= 0.6 is 0 Å². The molecule has 1 aromatic carbocycles. The molecule has 0 fully saturated rings. The fourth-order valence-electron chi connectivity index (χ4n) is 1.34. The standard InChI is InChI=1S/C13H19NO3/c1-2-17-13(15)12(14)8-9-16-10-11-6-4-3-5-7-11/h3-7,12H,2,8-10,14H2,1H3. The van der Waals surface area contributed by atoms with Crippen molar-refractivity contribution in [2.75, 3.05) is 13.2 Å². The van der Waals surface area contributed by atoms with Crippen LogP contribution in [-0.2, 0) is 20.9 Å². The Balaban J connectivity index is 2.14. The molecule has 0 saturated carbocycles. The summed E-state index contributed by atoms with van der Waals surface area (Å²) in [6, 6.07) is 9.27. The molecule has 1 unspecified atom stereocenters. The Labute approximate surface area is 102 Å². The van der Waals surface area contributed by atoms with E-state index in [1.165, 1.54) is 0 Å². The van der Waals surface area contributed by atoms with Crippen LogP contribution in [0.1, 0.15) is 18.9 Å². The Hall–Kier alpha value is -1.39. The van der Waals surface area contributed by atoms with E-state index in [4.69, 9.17) is 15.2 Å². The highest BCUT2D eigenvalue weighted by Crippen LogP contribution is 2.01. The minimum absolute atomic E-state index is 0.359. The Morgan fingerprint density at radius 1 is 1.35 bits per heavy atom. The first kappa shape index (κ1) is 13.7. The third-order valence-corrected chi connectivity index (χ3v) is 2.27. The molecule has 0 aliphatic rings. The van der Waals surface area contributed by atoms with Crippen molar-refractivity contribution in [3.63, 3.8) is 0 Å². The van der Waals surface area contributed by atoms with E-state index in [-0.39, 0.29) is 5.97 Å². The maximum absolute atomic E-state index is 11.2. The lowest BCUT2D eigenvalue weighted by Gasteiger charge is -2.10. The number of rotatable bonds is 7. The van der Waals surface area contributed by atoms with Crippen LogP contribution in [0.25, 0.3) is 0 Å². The SMILES string of the molecule is CCOC(=O)C(N)CCOCc1ccccc1. The summed E-state index contributed by atoms with van der Waals surface area (Å²) in [5, 5.41) is 0. The number of carbonyl (C=O) groups excluding carboxylic acids is 1. The van der Waals surface area contributed by atoms with Gasteiger partial charge in [0.1, 0.15) is 6.04 Å². The summed E-state index contributed by atoms with van der Waals surface area (Å²) in [5.74, 6) is -0.365. The van der Waals surface area contributed by atoms with Gasteiger partial charge in [0.15, 0.2) is 0 Å². The number of hydrogen-bond acceptors (Lipinski definition) is 4. The van der Waals surface area contributed by atoms with Crippen molar-refractivity contribution in [3.05, 3.63) is 35.9 Å². The molecule has 94 valence electrons. The van der Waals surface area contributed by atoms with Gasteiger partial charge in [-0.2, -0.15) is 0 Å². The van der Waals surface area contributed by atoms with Gasteiger partial charge in [0.05, 0.1) is 13.2 Å². The van der Waals surface area contributed by atoms with E-state index < -0.39 is 6.04 Å². The Kier molecular flexibility index (Phi) is 6.29. The molecular formula is C13H19NO3. The van der Waals surface area contributed by atoms with E-state index >= 15 is 0 Å². The fraction of sp³-hybridized carbons (Fsp3) is 0.462. The van der Waals surface area contributed by atoms with E-state index in [1.807, 2.05) is 30.3 Å². The van der Waals surface area contributed by atoms with Crippen LogP contribution in [0.3, 0.4) is 0 Å². The molecule has 4 nitrogen and oxygen atoms in total. The van der Waals surface area contributed by atoms with E-state index in [2.05, 4.69) is 0 Å².